The number of pyridine rings is 3. The zero-order valence-corrected chi connectivity index (χ0v) is 18.9. The molecule has 1 amide bonds. The van der Waals surface area contributed by atoms with Crippen LogP contribution >= 0.6 is 0 Å². The topological polar surface area (TPSA) is 141 Å². The maximum absolute atomic E-state index is 13.1. The molecule has 1 saturated heterocycles. The number of amides is 1. The Morgan fingerprint density at radius 1 is 1.00 bits per heavy atom. The molecule has 180 valence electrons. The number of aromatic amines is 1. The quantitative estimate of drug-likeness (QED) is 0.447. The molecular weight excluding hydrogens is 450 g/mol. The summed E-state index contributed by atoms with van der Waals surface area (Å²) in [5.74, 6) is -0.542. The summed E-state index contributed by atoms with van der Waals surface area (Å²) in [5.41, 5.74) is 2.20. The van der Waals surface area contributed by atoms with E-state index in [1.807, 2.05) is 24.3 Å². The summed E-state index contributed by atoms with van der Waals surface area (Å²) < 4.78 is 7.16. The molecule has 1 aliphatic heterocycles. The minimum atomic E-state index is -0.542. The van der Waals surface area contributed by atoms with Crippen molar-refractivity contribution in [1.82, 2.24) is 14.5 Å². The lowest BCUT2D eigenvalue weighted by molar-refractivity contribution is 0.102. The molecule has 0 bridgehead atoms. The average Bonchev–Trinajstić information content (AvgIpc) is 2.87. The van der Waals surface area contributed by atoms with Crippen molar-refractivity contribution in [2.45, 2.75) is 6.54 Å². The fraction of sp³-hybridized carbons (Fsp3) is 0.200. The molecule has 1 aromatic carbocycles. The normalized spacial score (nSPS) is 13.3. The lowest BCUT2D eigenvalue weighted by Crippen LogP contribution is -2.36. The highest BCUT2D eigenvalue weighted by Crippen LogP contribution is 2.20. The van der Waals surface area contributed by atoms with Crippen LogP contribution in [0.4, 0.5) is 11.4 Å². The Balaban J connectivity index is 0.00000289. The number of H-pyrrole nitrogens is 1. The van der Waals surface area contributed by atoms with Crippen molar-refractivity contribution in [1.29, 1.82) is 0 Å². The molecule has 0 spiro atoms. The van der Waals surface area contributed by atoms with E-state index in [9.17, 15) is 14.4 Å². The van der Waals surface area contributed by atoms with Crippen molar-refractivity contribution in [3.05, 3.63) is 98.8 Å². The van der Waals surface area contributed by atoms with E-state index in [0.29, 0.717) is 31.0 Å². The minimum Gasteiger partial charge on any atom is -0.412 e. The van der Waals surface area contributed by atoms with E-state index in [1.54, 1.807) is 35.2 Å². The van der Waals surface area contributed by atoms with Crippen LogP contribution in [0.2, 0.25) is 0 Å². The maximum atomic E-state index is 13.1. The summed E-state index contributed by atoms with van der Waals surface area (Å²) >= 11 is 0. The van der Waals surface area contributed by atoms with Crippen LogP contribution in [-0.2, 0) is 11.3 Å². The number of anilines is 2. The van der Waals surface area contributed by atoms with Gasteiger partial charge < -0.3 is 30.0 Å². The Labute approximate surface area is 200 Å². The summed E-state index contributed by atoms with van der Waals surface area (Å²) in [5, 5.41) is 2.80. The average molecular weight is 476 g/mol. The monoisotopic (exact) mass is 475 g/mol. The Kier molecular flexibility index (Phi) is 7.04. The molecule has 0 unspecified atom stereocenters. The second kappa shape index (κ2) is 10.3. The number of rotatable bonds is 5. The minimum absolute atomic E-state index is 0. The molecule has 10 heteroatoms. The van der Waals surface area contributed by atoms with Gasteiger partial charge in [-0.2, -0.15) is 0 Å². The van der Waals surface area contributed by atoms with Crippen LogP contribution in [-0.4, -0.2) is 52.2 Å². The fourth-order valence-corrected chi connectivity index (χ4v) is 4.05. The lowest BCUT2D eigenvalue weighted by atomic mass is 10.1. The number of nitrogens with zero attached hydrogens (tertiary/aromatic N) is 3. The largest absolute Gasteiger partial charge is 0.412 e. The molecule has 4 heterocycles. The molecule has 4 N–H and O–H groups in total. The van der Waals surface area contributed by atoms with Crippen LogP contribution in [0.15, 0.2) is 76.7 Å². The van der Waals surface area contributed by atoms with Crippen LogP contribution < -0.4 is 21.2 Å². The predicted octanol–water partition coefficient (Wildman–Crippen LogP) is 1.40. The number of fused-ring (bicyclic) bond motifs is 1. The molecule has 3 aromatic heterocycles. The third-order valence-corrected chi connectivity index (χ3v) is 5.81. The second-order valence-electron chi connectivity index (χ2n) is 8.04. The summed E-state index contributed by atoms with van der Waals surface area (Å²) in [6, 6.07) is 14.1. The highest BCUT2D eigenvalue weighted by atomic mass is 16.5. The number of carbonyl (C=O) groups excluding carboxylic acids is 1. The van der Waals surface area contributed by atoms with Gasteiger partial charge in [0.2, 0.25) is 11.0 Å². The molecular formula is C25H25N5O5. The van der Waals surface area contributed by atoms with Gasteiger partial charge >= 0.3 is 0 Å². The van der Waals surface area contributed by atoms with Crippen LogP contribution in [0.1, 0.15) is 15.9 Å². The Morgan fingerprint density at radius 3 is 2.43 bits per heavy atom. The lowest BCUT2D eigenvalue weighted by Gasteiger charge is -2.28. The number of aromatic nitrogens is 3. The molecule has 0 radical (unpaired) electrons. The number of nitrogens with one attached hydrogen (secondary N) is 2. The van der Waals surface area contributed by atoms with Gasteiger partial charge in [0.15, 0.2) is 0 Å². The van der Waals surface area contributed by atoms with E-state index >= 15 is 0 Å². The molecule has 1 aliphatic rings. The zero-order chi connectivity index (χ0) is 23.5. The van der Waals surface area contributed by atoms with Crippen molar-refractivity contribution in [2.75, 3.05) is 36.5 Å². The molecule has 0 atom stereocenters. The number of carbonyl (C=O) groups is 1. The second-order valence-corrected chi connectivity index (χ2v) is 8.04. The first-order valence-electron chi connectivity index (χ1n) is 11.0. The number of ether oxygens (including phenoxy) is 1. The molecule has 1 fully saturated rings. The fourth-order valence-electron chi connectivity index (χ4n) is 4.05. The van der Waals surface area contributed by atoms with Gasteiger partial charge in [0, 0.05) is 55.7 Å². The van der Waals surface area contributed by atoms with Crippen LogP contribution in [0, 0.1) is 0 Å². The first kappa shape index (κ1) is 23.9. The number of hydrogen-bond donors (Lipinski definition) is 2. The van der Waals surface area contributed by atoms with E-state index in [-0.39, 0.29) is 16.6 Å². The smallest absolute Gasteiger partial charge is 0.261 e. The van der Waals surface area contributed by atoms with Crippen LogP contribution in [0.5, 0.6) is 0 Å². The van der Waals surface area contributed by atoms with Gasteiger partial charge in [0.1, 0.15) is 11.1 Å². The summed E-state index contributed by atoms with van der Waals surface area (Å²) in [4.78, 5) is 47.0. The molecule has 35 heavy (non-hydrogen) atoms. The first-order valence-corrected chi connectivity index (χ1v) is 11.0. The van der Waals surface area contributed by atoms with E-state index < -0.39 is 16.9 Å². The van der Waals surface area contributed by atoms with Gasteiger partial charge in [-0.15, -0.1) is 0 Å². The number of morpholine rings is 1. The van der Waals surface area contributed by atoms with Crippen molar-refractivity contribution >= 4 is 28.3 Å². The van der Waals surface area contributed by atoms with Crippen molar-refractivity contribution < 1.29 is 15.0 Å². The van der Waals surface area contributed by atoms with Crippen LogP contribution in [0.25, 0.3) is 11.0 Å². The summed E-state index contributed by atoms with van der Waals surface area (Å²) in [6.07, 6.45) is 4.88. The van der Waals surface area contributed by atoms with Gasteiger partial charge in [-0.25, -0.2) is 0 Å². The highest BCUT2D eigenvalue weighted by Gasteiger charge is 2.17. The predicted molar refractivity (Wildman–Crippen MR) is 133 cm³/mol. The molecule has 5 rings (SSSR count). The zero-order valence-electron chi connectivity index (χ0n) is 18.9. The van der Waals surface area contributed by atoms with E-state index in [0.717, 1.165) is 24.3 Å². The van der Waals surface area contributed by atoms with Crippen molar-refractivity contribution in [2.24, 2.45) is 0 Å². The van der Waals surface area contributed by atoms with Gasteiger partial charge in [0.05, 0.1) is 18.7 Å². The van der Waals surface area contributed by atoms with E-state index in [4.69, 9.17) is 4.74 Å². The number of hydrogen-bond acceptors (Lipinski definition) is 6. The van der Waals surface area contributed by atoms with E-state index in [2.05, 4.69) is 20.2 Å². The Hall–Kier alpha value is -4.28. The highest BCUT2D eigenvalue weighted by molar-refractivity contribution is 6.05. The first-order chi connectivity index (χ1) is 16.6. The molecule has 0 saturated carbocycles. The van der Waals surface area contributed by atoms with Crippen LogP contribution in [0.3, 0.4) is 0 Å². The third-order valence-electron chi connectivity index (χ3n) is 5.81. The van der Waals surface area contributed by atoms with Gasteiger partial charge in [-0.1, -0.05) is 0 Å². The maximum Gasteiger partial charge on any atom is 0.261 e. The third kappa shape index (κ3) is 5.13. The summed E-state index contributed by atoms with van der Waals surface area (Å²) in [7, 11) is 0. The SMILES string of the molecule is O.O=C(Nc1ccc(N2CCOCC2)cc1)c1cn(Cc2ccncc2)c2ccc(=O)[nH]c2c1=O. The Bertz CT molecular complexity index is 1440. The molecule has 10 nitrogen and oxygen atoms in total. The van der Waals surface area contributed by atoms with Crippen molar-refractivity contribution in [3.8, 4) is 0 Å². The number of benzene rings is 1. The molecule has 0 aliphatic carbocycles. The van der Waals surface area contributed by atoms with E-state index in [1.165, 1.54) is 12.3 Å². The van der Waals surface area contributed by atoms with Crippen molar-refractivity contribution in [3.63, 3.8) is 0 Å². The Morgan fingerprint density at radius 2 is 1.71 bits per heavy atom. The van der Waals surface area contributed by atoms with Gasteiger partial charge in [-0.3, -0.25) is 19.4 Å². The van der Waals surface area contributed by atoms with Gasteiger partial charge in [0.25, 0.3) is 5.91 Å². The molecule has 4 aromatic rings. The standard InChI is InChI=1S/C25H23N5O4.H2O/c31-22-6-5-21-23(28-22)24(32)20(16-30(21)15-17-7-9-26-10-8-17)25(33)27-18-1-3-19(4-2-18)29-11-13-34-14-12-29;/h1-10,16H,11-15H2,(H,27,33)(H,28,31);1H2. The van der Waals surface area contributed by atoms with Gasteiger partial charge in [-0.05, 0) is 48.0 Å². The summed E-state index contributed by atoms with van der Waals surface area (Å²) in [6.45, 7) is 3.42.